The average Bonchev–Trinajstić information content (AvgIpc) is 3.44. The van der Waals surface area contributed by atoms with Crippen molar-refractivity contribution in [2.24, 2.45) is 34.5 Å². The molecule has 3 aromatic carbocycles. The average molecular weight is 623 g/mol. The molecule has 5 nitrogen and oxygen atoms in total. The normalized spacial score (nSPS) is 35.4. The second-order valence-corrected chi connectivity index (χ2v) is 15.0. The van der Waals surface area contributed by atoms with Gasteiger partial charge in [-0.1, -0.05) is 97.9 Å². The number of hydrogen-bond donors (Lipinski definition) is 2. The summed E-state index contributed by atoms with van der Waals surface area (Å²) in [6.07, 6.45) is 6.66. The molecule has 8 atom stereocenters. The van der Waals surface area contributed by atoms with Crippen molar-refractivity contribution < 1.29 is 24.5 Å². The largest absolute Gasteiger partial charge is 0.466 e. The van der Waals surface area contributed by atoms with E-state index in [9.17, 15) is 15.0 Å². The van der Waals surface area contributed by atoms with Crippen LogP contribution in [-0.2, 0) is 19.9 Å². The predicted molar refractivity (Wildman–Crippen MR) is 179 cm³/mol. The van der Waals surface area contributed by atoms with Crippen molar-refractivity contribution in [3.8, 4) is 0 Å². The third-order valence-corrected chi connectivity index (χ3v) is 13.1. The molecule has 4 fully saturated rings. The highest BCUT2D eigenvalue weighted by Crippen LogP contribution is 2.69. The fourth-order valence-corrected chi connectivity index (χ4v) is 11.0. The molecule has 3 aromatic rings. The van der Waals surface area contributed by atoms with E-state index in [1.54, 1.807) is 0 Å². The number of ether oxygens (including phenoxy) is 2. The van der Waals surface area contributed by atoms with Crippen LogP contribution in [0.1, 0.15) is 88.3 Å². The summed E-state index contributed by atoms with van der Waals surface area (Å²) in [7, 11) is 0. The maximum absolute atomic E-state index is 13.2. The van der Waals surface area contributed by atoms with Crippen LogP contribution in [0.4, 0.5) is 0 Å². The Morgan fingerprint density at radius 2 is 1.37 bits per heavy atom. The van der Waals surface area contributed by atoms with Crippen molar-refractivity contribution >= 4 is 5.97 Å². The lowest BCUT2D eigenvalue weighted by Gasteiger charge is -2.65. The fourth-order valence-electron chi connectivity index (χ4n) is 11.0. The van der Waals surface area contributed by atoms with Crippen molar-refractivity contribution in [2.75, 3.05) is 13.2 Å². The first-order chi connectivity index (χ1) is 22.3. The molecule has 244 valence electrons. The molecular formula is C41H50O5. The van der Waals surface area contributed by atoms with Crippen LogP contribution in [0, 0.1) is 34.5 Å². The van der Waals surface area contributed by atoms with Gasteiger partial charge in [0.15, 0.2) is 0 Å². The zero-order valence-corrected chi connectivity index (χ0v) is 27.4. The maximum Gasteiger partial charge on any atom is 0.309 e. The Hall–Kier alpha value is -2.99. The van der Waals surface area contributed by atoms with E-state index in [-0.39, 0.29) is 23.2 Å². The van der Waals surface area contributed by atoms with E-state index in [1.807, 2.05) is 25.1 Å². The lowest BCUT2D eigenvalue weighted by Crippen LogP contribution is -2.66. The van der Waals surface area contributed by atoms with E-state index >= 15 is 0 Å². The lowest BCUT2D eigenvalue weighted by molar-refractivity contribution is -0.253. The number of fused-ring (bicyclic) bond motifs is 5. The smallest absolute Gasteiger partial charge is 0.309 e. The Bertz CT molecular complexity index is 1400. The quantitative estimate of drug-likeness (QED) is 0.199. The van der Waals surface area contributed by atoms with Crippen LogP contribution in [-0.4, -0.2) is 41.1 Å². The minimum absolute atomic E-state index is 0.0320. The van der Waals surface area contributed by atoms with Gasteiger partial charge < -0.3 is 19.7 Å². The van der Waals surface area contributed by atoms with Gasteiger partial charge in [0.05, 0.1) is 30.8 Å². The Kier molecular flexibility index (Phi) is 8.40. The van der Waals surface area contributed by atoms with Gasteiger partial charge in [-0.25, -0.2) is 0 Å². The minimum atomic E-state index is -1.02. The van der Waals surface area contributed by atoms with E-state index in [2.05, 4.69) is 79.7 Å². The van der Waals surface area contributed by atoms with Crippen LogP contribution in [0.2, 0.25) is 0 Å². The number of carbonyl (C=O) groups excluding carboxylic acids is 1. The number of carbonyl (C=O) groups is 1. The van der Waals surface area contributed by atoms with Gasteiger partial charge in [-0.15, -0.1) is 0 Å². The molecule has 0 heterocycles. The summed E-state index contributed by atoms with van der Waals surface area (Å²) in [6.45, 7) is 5.04. The molecule has 4 aliphatic rings. The van der Waals surface area contributed by atoms with E-state index in [0.717, 1.165) is 55.2 Å². The molecule has 0 bridgehead atoms. The van der Waals surface area contributed by atoms with Crippen molar-refractivity contribution in [1.29, 1.82) is 0 Å². The molecular weight excluding hydrogens is 572 g/mol. The van der Waals surface area contributed by atoms with Gasteiger partial charge in [-0.3, -0.25) is 4.79 Å². The van der Waals surface area contributed by atoms with E-state index in [0.29, 0.717) is 44.3 Å². The molecule has 0 amide bonds. The number of aliphatic hydroxyl groups is 2. The molecule has 0 spiro atoms. The highest BCUT2D eigenvalue weighted by atomic mass is 16.5. The number of rotatable bonds is 8. The summed E-state index contributed by atoms with van der Waals surface area (Å²) in [5.74, 6) is 0.975. The second kappa shape index (κ2) is 12.2. The molecule has 46 heavy (non-hydrogen) atoms. The van der Waals surface area contributed by atoms with Crippen molar-refractivity contribution in [3.63, 3.8) is 0 Å². The maximum atomic E-state index is 13.2. The Morgan fingerprint density at radius 3 is 1.93 bits per heavy atom. The van der Waals surface area contributed by atoms with Crippen LogP contribution in [0.25, 0.3) is 0 Å². The van der Waals surface area contributed by atoms with Crippen LogP contribution in [0.15, 0.2) is 91.0 Å². The standard InChI is InChI=1S/C41H50O5/c1-3-45-37(43)36-20-19-34-33-22-26-40(44)27-32(42)21-25-39(40,35(33)23-24-38(34,36)2)28-46-41(29-13-7-4-8-14-29,30-15-9-5-10-16-30)31-17-11-6-12-18-31/h4-18,32-36,42,44H,3,19-28H2,1-2H3/t32-,33+,34+,35+,36-,38-,39-,40+/m0/s1. The number of esters is 1. The van der Waals surface area contributed by atoms with Crippen molar-refractivity contribution in [2.45, 2.75) is 88.9 Å². The first kappa shape index (κ1) is 31.6. The topological polar surface area (TPSA) is 76.0 Å². The second-order valence-electron chi connectivity index (χ2n) is 15.0. The monoisotopic (exact) mass is 622 g/mol. The summed E-state index contributed by atoms with van der Waals surface area (Å²) in [6, 6.07) is 31.5. The summed E-state index contributed by atoms with van der Waals surface area (Å²) in [5, 5.41) is 23.7. The molecule has 5 heteroatoms. The van der Waals surface area contributed by atoms with Crippen molar-refractivity contribution in [3.05, 3.63) is 108 Å². The third kappa shape index (κ3) is 4.88. The molecule has 4 saturated carbocycles. The lowest BCUT2D eigenvalue weighted by atomic mass is 9.43. The fraction of sp³-hybridized carbons (Fsp3) is 0.537. The number of aliphatic hydroxyl groups excluding tert-OH is 1. The van der Waals surface area contributed by atoms with Gasteiger partial charge in [0.2, 0.25) is 0 Å². The van der Waals surface area contributed by atoms with Gasteiger partial charge in [0.25, 0.3) is 0 Å². The summed E-state index contributed by atoms with van der Waals surface area (Å²) < 4.78 is 13.1. The van der Waals surface area contributed by atoms with Gasteiger partial charge in [-0.05, 0) is 98.1 Å². The molecule has 0 unspecified atom stereocenters. The number of benzene rings is 3. The molecule has 0 aromatic heterocycles. The van der Waals surface area contributed by atoms with Crippen LogP contribution >= 0.6 is 0 Å². The highest BCUT2D eigenvalue weighted by Gasteiger charge is 2.67. The summed E-state index contributed by atoms with van der Waals surface area (Å²) >= 11 is 0. The number of hydrogen-bond acceptors (Lipinski definition) is 5. The highest BCUT2D eigenvalue weighted by molar-refractivity contribution is 5.74. The van der Waals surface area contributed by atoms with Crippen LogP contribution in [0.3, 0.4) is 0 Å². The first-order valence-electron chi connectivity index (χ1n) is 17.6. The van der Waals surface area contributed by atoms with Crippen LogP contribution in [0.5, 0.6) is 0 Å². The minimum Gasteiger partial charge on any atom is -0.466 e. The zero-order valence-electron chi connectivity index (χ0n) is 27.4. The molecule has 2 N–H and O–H groups in total. The predicted octanol–water partition coefficient (Wildman–Crippen LogP) is 7.67. The Morgan fingerprint density at radius 1 is 0.783 bits per heavy atom. The van der Waals surface area contributed by atoms with Gasteiger partial charge in [0, 0.05) is 11.8 Å². The van der Waals surface area contributed by atoms with Gasteiger partial charge in [-0.2, -0.15) is 0 Å². The molecule has 0 radical (unpaired) electrons. The molecule has 0 saturated heterocycles. The van der Waals surface area contributed by atoms with Gasteiger partial charge in [0.1, 0.15) is 5.60 Å². The zero-order chi connectivity index (χ0) is 32.0. The van der Waals surface area contributed by atoms with Gasteiger partial charge >= 0.3 is 5.97 Å². The third-order valence-electron chi connectivity index (χ3n) is 13.1. The summed E-state index contributed by atoms with van der Waals surface area (Å²) in [5.41, 5.74) is 0.672. The van der Waals surface area contributed by atoms with Crippen molar-refractivity contribution in [1.82, 2.24) is 0 Å². The SMILES string of the molecule is CCOC(=O)[C@@H]1CC[C@@H]2[C@H]3CC[C@@]4(O)C[C@@H](O)CC[C@]4(COC(c4ccccc4)(c4ccccc4)c4ccccc4)[C@@H]3CC[C@@]21C. The summed E-state index contributed by atoms with van der Waals surface area (Å²) in [4.78, 5) is 13.2. The van der Waals surface area contributed by atoms with E-state index in [4.69, 9.17) is 9.47 Å². The first-order valence-corrected chi connectivity index (χ1v) is 17.6. The molecule has 7 rings (SSSR count). The molecule has 4 aliphatic carbocycles. The Labute approximate surface area is 274 Å². The van der Waals surface area contributed by atoms with E-state index in [1.165, 1.54) is 0 Å². The Balaban J connectivity index is 1.31. The van der Waals surface area contributed by atoms with E-state index < -0.39 is 22.7 Å². The van der Waals surface area contributed by atoms with Crippen LogP contribution < -0.4 is 0 Å². The molecule has 0 aliphatic heterocycles.